The summed E-state index contributed by atoms with van der Waals surface area (Å²) in [5.41, 5.74) is -2.84. The normalized spacial score (nSPS) is 15.0. The number of hydrogen-bond donors (Lipinski definition) is 5. The van der Waals surface area contributed by atoms with Crippen LogP contribution in [-0.4, -0.2) is 84.1 Å². The average molecular weight is 643 g/mol. The van der Waals surface area contributed by atoms with Crippen LogP contribution >= 0.6 is 0 Å². The summed E-state index contributed by atoms with van der Waals surface area (Å²) in [5, 5.41) is 22.5. The van der Waals surface area contributed by atoms with Gasteiger partial charge in [-0.15, -0.1) is 0 Å². The maximum Gasteiger partial charge on any atom is 0.309 e. The van der Waals surface area contributed by atoms with Gasteiger partial charge in [0.25, 0.3) is 0 Å². The fourth-order valence-corrected chi connectivity index (χ4v) is 5.58. The second-order valence-electron chi connectivity index (χ2n) is 16.9. The van der Waals surface area contributed by atoms with Gasteiger partial charge in [0.05, 0.1) is 23.0 Å². The number of carbonyl (C=O) groups is 3. The highest BCUT2D eigenvalue weighted by atomic mass is 16.5. The molecule has 2 atom stereocenters. The van der Waals surface area contributed by atoms with E-state index in [1.54, 1.807) is 27.7 Å². The number of aliphatic carboxylic acids is 1. The highest BCUT2D eigenvalue weighted by Crippen LogP contribution is 2.34. The van der Waals surface area contributed by atoms with Crippen molar-refractivity contribution in [3.63, 3.8) is 0 Å². The lowest BCUT2D eigenvalue weighted by Crippen LogP contribution is -2.50. The van der Waals surface area contributed by atoms with Gasteiger partial charge in [-0.2, -0.15) is 0 Å². The Morgan fingerprint density at radius 3 is 1.82 bits per heavy atom. The second kappa shape index (κ2) is 17.4. The molecule has 5 N–H and O–H groups in total. The summed E-state index contributed by atoms with van der Waals surface area (Å²) in [6.07, 6.45) is 3.60. The van der Waals surface area contributed by atoms with Gasteiger partial charge in [-0.25, -0.2) is 0 Å². The topological polar surface area (TPSA) is 138 Å². The minimum atomic E-state index is -1.00. The van der Waals surface area contributed by atoms with Crippen molar-refractivity contribution in [2.75, 3.05) is 26.8 Å². The first-order valence-corrected chi connectivity index (χ1v) is 16.7. The Kier molecular flexibility index (Phi) is 16.7. The van der Waals surface area contributed by atoms with Gasteiger partial charge >= 0.3 is 5.97 Å². The second-order valence-corrected chi connectivity index (χ2v) is 16.9. The van der Waals surface area contributed by atoms with Gasteiger partial charge in [0.1, 0.15) is 0 Å². The summed E-state index contributed by atoms with van der Waals surface area (Å²) in [6, 6.07) is 0.206. The molecule has 0 aliphatic carbocycles. The third-order valence-electron chi connectivity index (χ3n) is 8.48. The number of amides is 2. The number of carboxylic acid groups (broad SMARTS) is 1. The summed E-state index contributed by atoms with van der Waals surface area (Å²) >= 11 is 0. The first-order valence-electron chi connectivity index (χ1n) is 16.7. The van der Waals surface area contributed by atoms with Crippen LogP contribution in [0.3, 0.4) is 0 Å². The van der Waals surface area contributed by atoms with E-state index in [1.165, 1.54) is 0 Å². The summed E-state index contributed by atoms with van der Waals surface area (Å²) in [6.45, 7) is 29.1. The van der Waals surface area contributed by atoms with Crippen molar-refractivity contribution in [3.05, 3.63) is 0 Å². The fraction of sp³-hybridized carbons (Fsp3) is 0.914. The Labute approximate surface area is 275 Å². The molecule has 0 aromatic heterocycles. The minimum Gasteiger partial charge on any atom is -0.481 e. The van der Waals surface area contributed by atoms with E-state index in [9.17, 15) is 19.5 Å². The third kappa shape index (κ3) is 18.9. The number of ether oxygens (including phenoxy) is 2. The molecular formula is C35H70N4O6. The number of hydrogen-bond acceptors (Lipinski definition) is 7. The average Bonchev–Trinajstić information content (AvgIpc) is 2.81. The molecule has 0 bridgehead atoms. The van der Waals surface area contributed by atoms with Gasteiger partial charge in [0, 0.05) is 48.3 Å². The molecule has 2 unspecified atom stereocenters. The number of carboxylic acids is 1. The van der Waals surface area contributed by atoms with Crippen LogP contribution in [0.5, 0.6) is 0 Å². The van der Waals surface area contributed by atoms with Gasteiger partial charge in [0.15, 0.2) is 0 Å². The van der Waals surface area contributed by atoms with Crippen molar-refractivity contribution < 1.29 is 29.0 Å². The van der Waals surface area contributed by atoms with E-state index in [2.05, 4.69) is 69.7 Å². The van der Waals surface area contributed by atoms with Gasteiger partial charge < -0.3 is 35.8 Å². The monoisotopic (exact) mass is 643 g/mol. The van der Waals surface area contributed by atoms with E-state index in [0.717, 1.165) is 12.8 Å². The maximum atomic E-state index is 12.8. The Balaban J connectivity index is 4.50. The van der Waals surface area contributed by atoms with E-state index in [4.69, 9.17) is 9.47 Å². The SMILES string of the molecule is CNC(C)(C)CC(C)NC(C)(C)CCOC(C)(C)CCNC(=O)CC(C)(C)OCCC(C)NC(=O)C(C)(C)CC(C)(C)C(=O)O. The highest BCUT2D eigenvalue weighted by Gasteiger charge is 2.39. The molecule has 0 heterocycles. The fourth-order valence-electron chi connectivity index (χ4n) is 5.58. The predicted octanol–water partition coefficient (Wildman–Crippen LogP) is 5.43. The maximum absolute atomic E-state index is 12.8. The van der Waals surface area contributed by atoms with E-state index >= 15 is 0 Å². The van der Waals surface area contributed by atoms with Crippen LogP contribution in [-0.2, 0) is 23.9 Å². The summed E-state index contributed by atoms with van der Waals surface area (Å²) in [5.74, 6) is -1.19. The molecule has 0 saturated heterocycles. The minimum absolute atomic E-state index is 0.0573. The molecule has 0 aliphatic heterocycles. The van der Waals surface area contributed by atoms with Crippen molar-refractivity contribution in [1.82, 2.24) is 21.3 Å². The molecule has 0 rings (SSSR count). The smallest absolute Gasteiger partial charge is 0.309 e. The van der Waals surface area contributed by atoms with Crippen molar-refractivity contribution in [2.24, 2.45) is 10.8 Å². The van der Waals surface area contributed by atoms with Crippen LogP contribution in [0, 0.1) is 10.8 Å². The van der Waals surface area contributed by atoms with Crippen molar-refractivity contribution in [3.8, 4) is 0 Å². The molecule has 0 radical (unpaired) electrons. The van der Waals surface area contributed by atoms with Crippen LogP contribution in [0.15, 0.2) is 0 Å². The summed E-state index contributed by atoms with van der Waals surface area (Å²) in [7, 11) is 2.00. The zero-order valence-corrected chi connectivity index (χ0v) is 31.5. The molecule has 45 heavy (non-hydrogen) atoms. The molecule has 0 aromatic carbocycles. The summed E-state index contributed by atoms with van der Waals surface area (Å²) in [4.78, 5) is 37.0. The molecule has 2 amide bonds. The van der Waals surface area contributed by atoms with E-state index in [0.29, 0.717) is 38.6 Å². The van der Waals surface area contributed by atoms with Gasteiger partial charge in [0.2, 0.25) is 11.8 Å². The lowest BCUT2D eigenvalue weighted by Gasteiger charge is -2.35. The van der Waals surface area contributed by atoms with E-state index in [-0.39, 0.29) is 47.4 Å². The molecule has 0 aliphatic rings. The van der Waals surface area contributed by atoms with Gasteiger partial charge in [-0.05, 0) is 122 Å². The van der Waals surface area contributed by atoms with Crippen LogP contribution in [0.25, 0.3) is 0 Å². The number of nitrogens with one attached hydrogen (secondary N) is 4. The molecular weight excluding hydrogens is 572 g/mol. The van der Waals surface area contributed by atoms with Crippen molar-refractivity contribution in [2.45, 2.75) is 170 Å². The Hall–Kier alpha value is -1.75. The van der Waals surface area contributed by atoms with Crippen LogP contribution in [0.1, 0.15) is 135 Å². The molecule has 266 valence electrons. The third-order valence-corrected chi connectivity index (χ3v) is 8.48. The van der Waals surface area contributed by atoms with Crippen molar-refractivity contribution >= 4 is 17.8 Å². The molecule has 0 spiro atoms. The highest BCUT2D eigenvalue weighted by molar-refractivity contribution is 5.83. The Morgan fingerprint density at radius 2 is 1.29 bits per heavy atom. The Morgan fingerprint density at radius 1 is 0.733 bits per heavy atom. The van der Waals surface area contributed by atoms with Gasteiger partial charge in [-0.3, -0.25) is 14.4 Å². The molecule has 0 saturated carbocycles. The molecule has 10 nitrogen and oxygen atoms in total. The summed E-state index contributed by atoms with van der Waals surface area (Å²) < 4.78 is 12.2. The molecule has 0 aromatic rings. The lowest BCUT2D eigenvalue weighted by atomic mass is 9.74. The van der Waals surface area contributed by atoms with Crippen LogP contribution < -0.4 is 21.3 Å². The van der Waals surface area contributed by atoms with Gasteiger partial charge in [-0.1, -0.05) is 13.8 Å². The van der Waals surface area contributed by atoms with Crippen LogP contribution in [0.2, 0.25) is 0 Å². The zero-order valence-electron chi connectivity index (χ0n) is 31.5. The van der Waals surface area contributed by atoms with Crippen LogP contribution in [0.4, 0.5) is 0 Å². The standard InChI is InChI=1S/C35H70N4O6/c1-25(38-28(41)30(3,4)24-31(5,6)29(42)43)16-20-44-35(13,14)23-27(40)37-19-17-34(11,12)45-21-18-32(7,8)39-26(2)22-33(9,10)36-15/h25-26,36,39H,16-24H2,1-15H3,(H,37,40)(H,38,41)(H,42,43). The zero-order chi connectivity index (χ0) is 35.5. The number of carbonyl (C=O) groups excluding carboxylic acids is 2. The van der Waals surface area contributed by atoms with E-state index in [1.807, 2.05) is 27.8 Å². The molecule has 10 heteroatoms. The van der Waals surface area contributed by atoms with E-state index < -0.39 is 22.4 Å². The quantitative estimate of drug-likeness (QED) is 0.0995. The lowest BCUT2D eigenvalue weighted by molar-refractivity contribution is -0.150. The molecule has 0 fully saturated rings. The number of rotatable bonds is 23. The predicted molar refractivity (Wildman–Crippen MR) is 183 cm³/mol. The van der Waals surface area contributed by atoms with Crippen molar-refractivity contribution in [1.29, 1.82) is 0 Å². The first kappa shape index (κ1) is 43.2. The first-order chi connectivity index (χ1) is 20.1. The Bertz CT molecular complexity index is 942. The largest absolute Gasteiger partial charge is 0.481 e.